The average molecular weight is 369 g/mol. The van der Waals surface area contributed by atoms with Crippen molar-refractivity contribution in [2.45, 2.75) is 41.0 Å². The zero-order chi connectivity index (χ0) is 20.7. The minimum Gasteiger partial charge on any atom is -0.0984 e. The Morgan fingerprint density at radius 3 is 2.29 bits per heavy atom. The van der Waals surface area contributed by atoms with E-state index in [9.17, 15) is 0 Å². The molecular weight excluding hydrogens is 336 g/mol. The van der Waals surface area contributed by atoms with Gasteiger partial charge in [0.15, 0.2) is 0 Å². The van der Waals surface area contributed by atoms with Gasteiger partial charge >= 0.3 is 0 Å². The lowest BCUT2D eigenvalue weighted by Gasteiger charge is -2.15. The minimum absolute atomic E-state index is 0.959. The van der Waals surface area contributed by atoms with Gasteiger partial charge in [-0.25, -0.2) is 0 Å². The van der Waals surface area contributed by atoms with Gasteiger partial charge in [0, 0.05) is 0 Å². The van der Waals surface area contributed by atoms with Crippen LogP contribution in [-0.4, -0.2) is 0 Å². The Morgan fingerprint density at radius 1 is 0.964 bits per heavy atom. The van der Waals surface area contributed by atoms with Gasteiger partial charge < -0.3 is 0 Å². The van der Waals surface area contributed by atoms with Gasteiger partial charge in [0.2, 0.25) is 0 Å². The quantitative estimate of drug-likeness (QED) is 0.465. The normalized spacial score (nSPS) is 12.9. The Hall–Kier alpha value is -2.86. The van der Waals surface area contributed by atoms with Gasteiger partial charge in [-0.1, -0.05) is 81.6 Å². The van der Waals surface area contributed by atoms with E-state index in [2.05, 4.69) is 94.6 Å². The molecule has 0 saturated carbocycles. The van der Waals surface area contributed by atoms with Crippen molar-refractivity contribution in [3.8, 4) is 11.1 Å². The molecule has 0 heterocycles. The van der Waals surface area contributed by atoms with E-state index in [1.54, 1.807) is 0 Å². The molecule has 2 aromatic carbocycles. The summed E-state index contributed by atoms with van der Waals surface area (Å²) in [7, 11) is 0. The van der Waals surface area contributed by atoms with Gasteiger partial charge in [0.1, 0.15) is 0 Å². The zero-order valence-electron chi connectivity index (χ0n) is 18.0. The second-order valence-corrected chi connectivity index (χ2v) is 6.93. The fraction of sp³-hybridized carbons (Fsp3) is 0.214. The molecule has 144 valence electrons. The topological polar surface area (TPSA) is 0 Å². The summed E-state index contributed by atoms with van der Waals surface area (Å²) in [5, 5.41) is 0. The van der Waals surface area contributed by atoms with Crippen LogP contribution in [0.4, 0.5) is 0 Å². The van der Waals surface area contributed by atoms with Crippen LogP contribution < -0.4 is 0 Å². The lowest BCUT2D eigenvalue weighted by molar-refractivity contribution is 1.29. The van der Waals surface area contributed by atoms with Crippen molar-refractivity contribution >= 4 is 5.57 Å². The Bertz CT molecular complexity index is 962. The molecule has 2 aromatic rings. The van der Waals surface area contributed by atoms with E-state index in [4.69, 9.17) is 0 Å². The number of hydrogen-bond donors (Lipinski definition) is 0. The van der Waals surface area contributed by atoms with E-state index in [1.165, 1.54) is 39.0 Å². The van der Waals surface area contributed by atoms with Crippen molar-refractivity contribution in [1.29, 1.82) is 0 Å². The monoisotopic (exact) mass is 368 g/mol. The number of benzene rings is 2. The van der Waals surface area contributed by atoms with Gasteiger partial charge in [-0.3, -0.25) is 0 Å². The Kier molecular flexibility index (Phi) is 7.58. The summed E-state index contributed by atoms with van der Waals surface area (Å²) < 4.78 is 0. The van der Waals surface area contributed by atoms with Gasteiger partial charge in [-0.15, -0.1) is 0 Å². The highest BCUT2D eigenvalue weighted by molar-refractivity contribution is 5.82. The molecule has 1 aliphatic carbocycles. The molecule has 0 fully saturated rings. The molecule has 0 N–H and O–H groups in total. The first-order valence-corrected chi connectivity index (χ1v) is 10.1. The van der Waals surface area contributed by atoms with Crippen LogP contribution in [0.1, 0.15) is 42.5 Å². The van der Waals surface area contributed by atoms with Crippen molar-refractivity contribution < 1.29 is 0 Å². The maximum atomic E-state index is 4.25. The van der Waals surface area contributed by atoms with Crippen molar-refractivity contribution in [1.82, 2.24) is 0 Å². The minimum atomic E-state index is 0.959. The second-order valence-electron chi connectivity index (χ2n) is 6.93. The molecule has 0 aliphatic heterocycles. The fourth-order valence-electron chi connectivity index (χ4n) is 3.41. The first-order valence-electron chi connectivity index (χ1n) is 10.1. The molecule has 0 saturated heterocycles. The largest absolute Gasteiger partial charge is 0.0984 e. The van der Waals surface area contributed by atoms with Crippen LogP contribution in [0.5, 0.6) is 0 Å². The maximum absolute atomic E-state index is 4.25. The Morgan fingerprint density at radius 2 is 1.68 bits per heavy atom. The lowest BCUT2D eigenvalue weighted by Crippen LogP contribution is -1.94. The molecule has 1 aliphatic rings. The molecule has 0 spiro atoms. The number of hydrogen-bond acceptors (Lipinski definition) is 0. The van der Waals surface area contributed by atoms with Crippen molar-refractivity contribution in [2.75, 3.05) is 0 Å². The molecule has 0 bridgehead atoms. The number of rotatable bonds is 5. The third-order valence-corrected chi connectivity index (χ3v) is 5.17. The molecule has 0 aromatic heterocycles. The van der Waals surface area contributed by atoms with Crippen LogP contribution >= 0.6 is 0 Å². The van der Waals surface area contributed by atoms with Crippen LogP contribution in [0.15, 0.2) is 91.1 Å². The lowest BCUT2D eigenvalue weighted by atomic mass is 9.89. The zero-order valence-corrected chi connectivity index (χ0v) is 18.0. The first-order chi connectivity index (χ1) is 13.5. The summed E-state index contributed by atoms with van der Waals surface area (Å²) in [5.41, 5.74) is 11.1. The summed E-state index contributed by atoms with van der Waals surface area (Å²) in [4.78, 5) is 0. The number of aryl methyl sites for hydroxylation is 2. The van der Waals surface area contributed by atoms with E-state index >= 15 is 0 Å². The van der Waals surface area contributed by atoms with E-state index in [1.807, 2.05) is 19.9 Å². The van der Waals surface area contributed by atoms with Crippen LogP contribution in [-0.2, 0) is 0 Å². The molecular formula is C28H32. The molecule has 0 amide bonds. The SMILES string of the molecule is C=C/C(=C\C(=C)C1=CC=CC1)c1cc(C)c(C)c(-c2ccccc2C)c1.CC. The van der Waals surface area contributed by atoms with Crippen molar-refractivity contribution in [2.24, 2.45) is 0 Å². The molecule has 0 heteroatoms. The first kappa shape index (κ1) is 21.4. The molecule has 0 atom stereocenters. The second kappa shape index (κ2) is 9.90. The van der Waals surface area contributed by atoms with Crippen LogP contribution in [0, 0.1) is 20.8 Å². The summed E-state index contributed by atoms with van der Waals surface area (Å²) >= 11 is 0. The van der Waals surface area contributed by atoms with E-state index in [-0.39, 0.29) is 0 Å². The summed E-state index contributed by atoms with van der Waals surface area (Å²) in [6.45, 7) is 18.8. The highest BCUT2D eigenvalue weighted by Gasteiger charge is 2.11. The van der Waals surface area contributed by atoms with Gasteiger partial charge in [-0.05, 0) is 89.4 Å². The Balaban J connectivity index is 0.00000136. The van der Waals surface area contributed by atoms with Crippen molar-refractivity contribution in [3.05, 3.63) is 113 Å². The van der Waals surface area contributed by atoms with Gasteiger partial charge in [0.05, 0.1) is 0 Å². The molecule has 3 rings (SSSR count). The van der Waals surface area contributed by atoms with Gasteiger partial charge in [-0.2, -0.15) is 0 Å². The number of allylic oxidation sites excluding steroid dienone is 8. The fourth-order valence-corrected chi connectivity index (χ4v) is 3.41. The standard InChI is InChI=1S/C26H26.C2H6/c1-6-22(16-20(4)23-12-8-9-13-23)24-15-19(3)21(5)26(17-24)25-14-10-7-11-18(25)2;1-2/h6-12,14-17H,1,4,13H2,2-3,5H3;1-2H3/b22-16+;. The highest BCUT2D eigenvalue weighted by Crippen LogP contribution is 2.33. The van der Waals surface area contributed by atoms with Crippen LogP contribution in [0.25, 0.3) is 16.7 Å². The molecule has 0 radical (unpaired) electrons. The van der Waals surface area contributed by atoms with Gasteiger partial charge in [0.25, 0.3) is 0 Å². The van der Waals surface area contributed by atoms with E-state index in [0.29, 0.717) is 0 Å². The predicted molar refractivity (Wildman–Crippen MR) is 127 cm³/mol. The smallest absolute Gasteiger partial charge is 0.00886 e. The van der Waals surface area contributed by atoms with Crippen LogP contribution in [0.3, 0.4) is 0 Å². The highest BCUT2D eigenvalue weighted by atomic mass is 14.2. The maximum Gasteiger partial charge on any atom is -0.00886 e. The van der Waals surface area contributed by atoms with E-state index < -0.39 is 0 Å². The summed E-state index contributed by atoms with van der Waals surface area (Å²) in [6.07, 6.45) is 11.4. The third-order valence-electron chi connectivity index (χ3n) is 5.17. The summed E-state index contributed by atoms with van der Waals surface area (Å²) in [5.74, 6) is 0. The predicted octanol–water partition coefficient (Wildman–Crippen LogP) is 8.32. The molecule has 0 nitrogen and oxygen atoms in total. The van der Waals surface area contributed by atoms with Crippen molar-refractivity contribution in [3.63, 3.8) is 0 Å². The third kappa shape index (κ3) is 4.70. The summed E-state index contributed by atoms with van der Waals surface area (Å²) in [6, 6.07) is 13.1. The Labute approximate surface area is 171 Å². The van der Waals surface area contributed by atoms with E-state index in [0.717, 1.165) is 17.6 Å². The molecule has 28 heavy (non-hydrogen) atoms. The molecule has 0 unspecified atom stereocenters. The van der Waals surface area contributed by atoms with Crippen LogP contribution in [0.2, 0.25) is 0 Å². The average Bonchev–Trinajstić information content (AvgIpc) is 3.25.